The monoisotopic (exact) mass is 464 g/mol. The van der Waals surface area contributed by atoms with Crippen LogP contribution in [0.15, 0.2) is 47.0 Å². The number of halogens is 6. The highest BCUT2D eigenvalue weighted by Crippen LogP contribution is 2.42. The second-order valence-corrected chi connectivity index (χ2v) is 7.17. The molecule has 0 saturated heterocycles. The third kappa shape index (κ3) is 4.16. The smallest absolute Gasteiger partial charge is 0.337 e. The molecule has 4 rings (SSSR count). The summed E-state index contributed by atoms with van der Waals surface area (Å²) in [5.74, 6) is -0.0608. The molecule has 0 bridgehead atoms. The maximum absolute atomic E-state index is 13.7. The van der Waals surface area contributed by atoms with Crippen LogP contribution in [-0.2, 0) is 25.3 Å². The number of hydrogen-bond acceptors (Lipinski definition) is 3. The largest absolute Gasteiger partial charge is 0.416 e. The van der Waals surface area contributed by atoms with Crippen molar-refractivity contribution in [1.29, 1.82) is 0 Å². The van der Waals surface area contributed by atoms with Crippen LogP contribution < -0.4 is 0 Å². The molecular weight excluding hydrogens is 450 g/mol. The van der Waals surface area contributed by atoms with Crippen LogP contribution in [0.2, 0.25) is 0 Å². The molecule has 0 saturated carbocycles. The Kier molecular flexibility index (Phi) is 5.40. The Morgan fingerprint density at radius 3 is 2.42 bits per heavy atom. The molecule has 2 heterocycles. The van der Waals surface area contributed by atoms with Gasteiger partial charge in [-0.15, -0.1) is 0 Å². The minimum absolute atomic E-state index is 0.0657. The van der Waals surface area contributed by atoms with E-state index in [4.69, 9.17) is 11.1 Å². The van der Waals surface area contributed by atoms with Crippen LogP contribution in [-0.4, -0.2) is 14.7 Å². The highest BCUT2D eigenvalue weighted by molar-refractivity contribution is 5.90. The lowest BCUT2D eigenvalue weighted by Gasteiger charge is -2.11. The van der Waals surface area contributed by atoms with Crippen molar-refractivity contribution < 1.29 is 30.9 Å². The summed E-state index contributed by atoms with van der Waals surface area (Å²) in [4.78, 5) is 7.13. The van der Waals surface area contributed by atoms with Crippen molar-refractivity contribution in [2.24, 2.45) is 0 Å². The molecule has 0 aliphatic carbocycles. The Bertz CT molecular complexity index is 1370. The quantitative estimate of drug-likeness (QED) is 0.244. The van der Waals surface area contributed by atoms with E-state index in [1.54, 1.807) is 11.5 Å². The molecule has 2 aromatic carbocycles. The zero-order valence-corrected chi connectivity index (χ0v) is 16.9. The Labute approximate surface area is 183 Å². The average Bonchev–Trinajstić information content (AvgIpc) is 3.36. The predicted molar refractivity (Wildman–Crippen MR) is 106 cm³/mol. The third-order valence-corrected chi connectivity index (χ3v) is 5.12. The minimum atomic E-state index is -4.72. The van der Waals surface area contributed by atoms with Gasteiger partial charge in [0.05, 0.1) is 24.2 Å². The highest BCUT2D eigenvalue weighted by atomic mass is 19.4. The van der Waals surface area contributed by atoms with E-state index in [0.717, 1.165) is 18.2 Å². The molecule has 0 fully saturated rings. The fourth-order valence-electron chi connectivity index (χ4n) is 3.65. The molecule has 33 heavy (non-hydrogen) atoms. The maximum Gasteiger partial charge on any atom is 0.416 e. The van der Waals surface area contributed by atoms with E-state index in [9.17, 15) is 26.3 Å². The van der Waals surface area contributed by atoms with Crippen molar-refractivity contribution in [2.45, 2.75) is 32.2 Å². The highest BCUT2D eigenvalue weighted by Gasteiger charge is 2.36. The Hall–Kier alpha value is -3.81. The third-order valence-electron chi connectivity index (χ3n) is 5.12. The molecule has 170 valence electrons. The molecule has 0 unspecified atom stereocenters. The summed E-state index contributed by atoms with van der Waals surface area (Å²) in [5.41, 5.74) is -1.54. The summed E-state index contributed by atoms with van der Waals surface area (Å²) >= 11 is 0. The molecule has 2 aromatic heterocycles. The number of rotatable bonds is 4. The lowest BCUT2D eigenvalue weighted by Crippen LogP contribution is -2.07. The van der Waals surface area contributed by atoms with Crippen molar-refractivity contribution in [3.63, 3.8) is 0 Å². The van der Waals surface area contributed by atoms with Gasteiger partial charge < -0.3 is 9.09 Å². The van der Waals surface area contributed by atoms with Gasteiger partial charge in [-0.05, 0) is 36.8 Å². The van der Waals surface area contributed by atoms with Gasteiger partial charge >= 0.3 is 12.4 Å². The lowest BCUT2D eigenvalue weighted by atomic mass is 10.1. The van der Waals surface area contributed by atoms with Crippen LogP contribution in [0.3, 0.4) is 0 Å². The van der Waals surface area contributed by atoms with Crippen LogP contribution in [0.4, 0.5) is 32.0 Å². The number of benzene rings is 2. The number of nitrogens with zero attached hydrogens (tertiary/aromatic N) is 4. The SMILES string of the molecule is [C-]#[N+]c1ccc2c(cc(CC)n2Cc2noc(-c3cccc(C(F)(F)F)c3)n2)c1C(F)(F)F. The second kappa shape index (κ2) is 7.95. The van der Waals surface area contributed by atoms with Gasteiger partial charge in [0.1, 0.15) is 0 Å². The normalized spacial score (nSPS) is 12.3. The maximum atomic E-state index is 13.7. The summed E-state index contributed by atoms with van der Waals surface area (Å²) in [7, 11) is 0. The van der Waals surface area contributed by atoms with Crippen LogP contribution >= 0.6 is 0 Å². The molecular formula is C22H14F6N4O. The van der Waals surface area contributed by atoms with Gasteiger partial charge in [0.15, 0.2) is 11.5 Å². The number of aryl methyl sites for hydroxylation is 1. The number of aromatic nitrogens is 3. The van der Waals surface area contributed by atoms with E-state index in [0.29, 0.717) is 12.1 Å². The molecule has 0 spiro atoms. The zero-order chi connectivity index (χ0) is 24.0. The predicted octanol–water partition coefficient (Wildman–Crippen LogP) is 6.89. The van der Waals surface area contributed by atoms with Crippen LogP contribution in [0.1, 0.15) is 29.6 Å². The van der Waals surface area contributed by atoms with Gasteiger partial charge in [0.2, 0.25) is 0 Å². The average molecular weight is 464 g/mol. The van der Waals surface area contributed by atoms with Gasteiger partial charge in [-0.25, -0.2) is 4.85 Å². The summed E-state index contributed by atoms with van der Waals surface area (Å²) < 4.78 is 86.6. The van der Waals surface area contributed by atoms with E-state index in [1.165, 1.54) is 24.3 Å². The van der Waals surface area contributed by atoms with Gasteiger partial charge in [-0.2, -0.15) is 31.3 Å². The van der Waals surface area contributed by atoms with Crippen LogP contribution in [0.25, 0.3) is 27.2 Å². The van der Waals surface area contributed by atoms with E-state index in [1.807, 2.05) is 0 Å². The summed E-state index contributed by atoms with van der Waals surface area (Å²) in [6, 6.07) is 8.29. The molecule has 4 aromatic rings. The van der Waals surface area contributed by atoms with Gasteiger partial charge in [0, 0.05) is 22.2 Å². The fraction of sp³-hybridized carbons (Fsp3) is 0.227. The van der Waals surface area contributed by atoms with Crippen LogP contribution in [0, 0.1) is 6.57 Å². The summed E-state index contributed by atoms with van der Waals surface area (Å²) in [6.07, 6.45) is -8.88. The number of alkyl halides is 6. The fourth-order valence-corrected chi connectivity index (χ4v) is 3.65. The molecule has 0 aliphatic heterocycles. The lowest BCUT2D eigenvalue weighted by molar-refractivity contribution is -0.137. The van der Waals surface area contributed by atoms with E-state index >= 15 is 0 Å². The first-order chi connectivity index (χ1) is 15.5. The first-order valence-corrected chi connectivity index (χ1v) is 9.63. The molecule has 0 amide bonds. The zero-order valence-electron chi connectivity index (χ0n) is 16.9. The number of fused-ring (bicyclic) bond motifs is 1. The van der Waals surface area contributed by atoms with E-state index in [2.05, 4.69) is 15.0 Å². The Balaban J connectivity index is 1.76. The van der Waals surface area contributed by atoms with Crippen LogP contribution in [0.5, 0.6) is 0 Å². The molecule has 5 nitrogen and oxygen atoms in total. The van der Waals surface area contributed by atoms with Gasteiger partial charge in [-0.3, -0.25) is 0 Å². The van der Waals surface area contributed by atoms with Gasteiger partial charge in [-0.1, -0.05) is 24.2 Å². The molecule has 11 heteroatoms. The first-order valence-electron chi connectivity index (χ1n) is 9.63. The van der Waals surface area contributed by atoms with Crippen molar-refractivity contribution in [3.05, 3.63) is 76.5 Å². The summed E-state index contributed by atoms with van der Waals surface area (Å²) in [6.45, 7) is 8.77. The molecule has 0 aliphatic rings. The number of hydrogen-bond donors (Lipinski definition) is 0. The topological polar surface area (TPSA) is 48.2 Å². The summed E-state index contributed by atoms with van der Waals surface area (Å²) in [5, 5.41) is 3.67. The Morgan fingerprint density at radius 1 is 1.03 bits per heavy atom. The van der Waals surface area contributed by atoms with E-state index < -0.39 is 29.2 Å². The van der Waals surface area contributed by atoms with Gasteiger partial charge in [0.25, 0.3) is 5.89 Å². The van der Waals surface area contributed by atoms with Crippen molar-refractivity contribution in [2.75, 3.05) is 0 Å². The minimum Gasteiger partial charge on any atom is -0.337 e. The first kappa shape index (κ1) is 22.4. The van der Waals surface area contributed by atoms with Crippen molar-refractivity contribution in [3.8, 4) is 11.5 Å². The van der Waals surface area contributed by atoms with Crippen molar-refractivity contribution in [1.82, 2.24) is 14.7 Å². The molecule has 0 N–H and O–H groups in total. The standard InChI is InChI=1S/C22H14F6N4O/c1-3-14-10-15-17(8-7-16(29-2)19(15)22(26,27)28)32(14)11-18-30-20(33-31-18)12-5-4-6-13(9-12)21(23,24)25/h4-10H,3,11H2,1H3. The second-order valence-electron chi connectivity index (χ2n) is 7.17. The molecule has 0 radical (unpaired) electrons. The Morgan fingerprint density at radius 2 is 1.79 bits per heavy atom. The van der Waals surface area contributed by atoms with E-state index in [-0.39, 0.29) is 34.7 Å². The van der Waals surface area contributed by atoms with Crippen molar-refractivity contribution >= 4 is 16.6 Å². The molecule has 0 atom stereocenters.